The first-order valence-corrected chi connectivity index (χ1v) is 7.90. The van der Waals surface area contributed by atoms with E-state index in [4.69, 9.17) is 4.74 Å². The molecule has 0 unspecified atom stereocenters. The van der Waals surface area contributed by atoms with Gasteiger partial charge in [-0.2, -0.15) is 5.10 Å². The number of aromatic nitrogens is 5. The summed E-state index contributed by atoms with van der Waals surface area (Å²) in [5.41, 5.74) is 0.889. The minimum absolute atomic E-state index is 0.0347. The first-order chi connectivity index (χ1) is 11.6. The van der Waals surface area contributed by atoms with E-state index in [1.165, 1.54) is 28.8 Å². The quantitative estimate of drug-likeness (QED) is 0.383. The average Bonchev–Trinajstić information content (AvgIpc) is 3.20. The first kappa shape index (κ1) is 16.0. The number of ether oxygens (including phenoxy) is 1. The van der Waals surface area contributed by atoms with E-state index in [-0.39, 0.29) is 5.69 Å². The van der Waals surface area contributed by atoms with Gasteiger partial charge in [0.1, 0.15) is 18.1 Å². The summed E-state index contributed by atoms with van der Waals surface area (Å²) in [6.07, 6.45) is 2.60. The average molecular weight is 346 g/mol. The van der Waals surface area contributed by atoms with E-state index in [1.54, 1.807) is 7.11 Å². The van der Waals surface area contributed by atoms with Crippen LogP contribution in [0.5, 0.6) is 5.75 Å². The van der Waals surface area contributed by atoms with Crippen molar-refractivity contribution in [3.8, 4) is 17.1 Å². The molecule has 0 aliphatic heterocycles. The summed E-state index contributed by atoms with van der Waals surface area (Å²) in [7, 11) is 3.49. The lowest BCUT2D eigenvalue weighted by Crippen LogP contribution is -1.98. The topological polar surface area (TPSA) is 101 Å². The summed E-state index contributed by atoms with van der Waals surface area (Å²) in [5, 5.41) is 23.7. The predicted molar refractivity (Wildman–Crippen MR) is 87.7 cm³/mol. The molecule has 2 aromatic heterocycles. The monoisotopic (exact) mass is 346 g/mol. The Hall–Kier alpha value is -2.88. The van der Waals surface area contributed by atoms with Crippen LogP contribution in [0.4, 0.5) is 5.69 Å². The lowest BCUT2D eigenvalue weighted by Gasteiger charge is -2.05. The maximum Gasteiger partial charge on any atom is 0.307 e. The first-order valence-electron chi connectivity index (χ1n) is 6.92. The van der Waals surface area contributed by atoms with E-state index >= 15 is 0 Å². The Morgan fingerprint density at radius 2 is 2.04 bits per heavy atom. The van der Waals surface area contributed by atoms with Gasteiger partial charge in [0.25, 0.3) is 0 Å². The molecule has 0 amide bonds. The summed E-state index contributed by atoms with van der Waals surface area (Å²) in [4.78, 5) is 10.2. The molecular formula is C14H14N6O3S. The van der Waals surface area contributed by atoms with Crippen molar-refractivity contribution in [2.45, 2.75) is 11.0 Å². The summed E-state index contributed by atoms with van der Waals surface area (Å²) < 4.78 is 8.50. The molecule has 3 aromatic rings. The molecule has 2 heterocycles. The maximum absolute atomic E-state index is 10.7. The van der Waals surface area contributed by atoms with Crippen LogP contribution in [0.2, 0.25) is 0 Å². The molecule has 0 aliphatic carbocycles. The molecule has 0 spiro atoms. The van der Waals surface area contributed by atoms with Gasteiger partial charge in [-0.1, -0.05) is 11.8 Å². The van der Waals surface area contributed by atoms with Crippen LogP contribution in [-0.4, -0.2) is 36.6 Å². The van der Waals surface area contributed by atoms with E-state index in [0.717, 1.165) is 17.1 Å². The molecule has 0 radical (unpaired) electrons. The molecule has 10 heteroatoms. The standard InChI is InChI=1S/C14H14N6O3S/c1-18-13(10-3-5-12(23-2)6-4-10)16-17-14(18)24-9-19-8-11(7-15-19)20(21)22/h3-8H,9H2,1-2H3. The highest BCUT2D eigenvalue weighted by atomic mass is 32.2. The van der Waals surface area contributed by atoms with Crippen LogP contribution in [0.1, 0.15) is 0 Å². The smallest absolute Gasteiger partial charge is 0.307 e. The number of methoxy groups -OCH3 is 1. The van der Waals surface area contributed by atoms with Crippen LogP contribution in [-0.2, 0) is 12.9 Å². The molecular weight excluding hydrogens is 332 g/mol. The summed E-state index contributed by atoms with van der Waals surface area (Å²) in [6, 6.07) is 7.54. The highest BCUT2D eigenvalue weighted by molar-refractivity contribution is 7.98. The van der Waals surface area contributed by atoms with Gasteiger partial charge < -0.3 is 9.30 Å². The number of rotatable bonds is 6. The summed E-state index contributed by atoms with van der Waals surface area (Å²) in [6.45, 7) is 0. The second-order valence-corrected chi connectivity index (χ2v) is 5.77. The third-order valence-electron chi connectivity index (χ3n) is 3.34. The molecule has 124 valence electrons. The van der Waals surface area contributed by atoms with Gasteiger partial charge in [-0.3, -0.25) is 14.8 Å². The van der Waals surface area contributed by atoms with Crippen molar-refractivity contribution in [1.82, 2.24) is 24.5 Å². The molecule has 3 rings (SSSR count). The highest BCUT2D eigenvalue weighted by Crippen LogP contribution is 2.25. The molecule has 0 saturated heterocycles. The fourth-order valence-electron chi connectivity index (χ4n) is 2.07. The Kier molecular flexibility index (Phi) is 4.47. The molecule has 0 aliphatic rings. The van der Waals surface area contributed by atoms with Gasteiger partial charge in [0.2, 0.25) is 0 Å². The Morgan fingerprint density at radius 1 is 1.29 bits per heavy atom. The predicted octanol–water partition coefficient (Wildman–Crippen LogP) is 2.35. The number of benzene rings is 1. The van der Waals surface area contributed by atoms with Gasteiger partial charge in [0.15, 0.2) is 11.0 Å². The Balaban J connectivity index is 1.73. The van der Waals surface area contributed by atoms with Crippen molar-refractivity contribution < 1.29 is 9.66 Å². The van der Waals surface area contributed by atoms with Crippen molar-refractivity contribution in [2.24, 2.45) is 7.05 Å². The van der Waals surface area contributed by atoms with E-state index in [2.05, 4.69) is 15.3 Å². The van der Waals surface area contributed by atoms with Gasteiger partial charge in [-0.15, -0.1) is 10.2 Å². The third kappa shape index (κ3) is 3.23. The second kappa shape index (κ2) is 6.71. The molecule has 0 saturated carbocycles. The van der Waals surface area contributed by atoms with E-state index in [9.17, 15) is 10.1 Å². The molecule has 0 N–H and O–H groups in total. The second-order valence-electron chi connectivity index (χ2n) is 4.86. The highest BCUT2D eigenvalue weighted by Gasteiger charge is 2.13. The van der Waals surface area contributed by atoms with Crippen molar-refractivity contribution in [3.63, 3.8) is 0 Å². The summed E-state index contributed by atoms with van der Waals surface area (Å²) in [5.74, 6) is 1.91. The van der Waals surface area contributed by atoms with Gasteiger partial charge in [-0.25, -0.2) is 0 Å². The number of hydrogen-bond acceptors (Lipinski definition) is 7. The third-order valence-corrected chi connectivity index (χ3v) is 4.35. The van der Waals surface area contributed by atoms with Crippen LogP contribution >= 0.6 is 11.8 Å². The minimum Gasteiger partial charge on any atom is -0.497 e. The Bertz CT molecular complexity index is 858. The normalized spacial score (nSPS) is 10.8. The van der Waals surface area contributed by atoms with E-state index in [0.29, 0.717) is 11.0 Å². The van der Waals surface area contributed by atoms with Crippen LogP contribution in [0, 0.1) is 10.1 Å². The molecule has 0 bridgehead atoms. The Morgan fingerprint density at radius 3 is 2.67 bits per heavy atom. The fourth-order valence-corrected chi connectivity index (χ4v) is 2.84. The molecule has 9 nitrogen and oxygen atoms in total. The van der Waals surface area contributed by atoms with Gasteiger partial charge in [-0.05, 0) is 24.3 Å². The lowest BCUT2D eigenvalue weighted by molar-refractivity contribution is -0.385. The molecule has 0 atom stereocenters. The van der Waals surface area contributed by atoms with Gasteiger partial charge in [0, 0.05) is 12.6 Å². The molecule has 24 heavy (non-hydrogen) atoms. The summed E-state index contributed by atoms with van der Waals surface area (Å²) >= 11 is 1.39. The van der Waals surface area contributed by atoms with Crippen molar-refractivity contribution in [2.75, 3.05) is 7.11 Å². The maximum atomic E-state index is 10.7. The van der Waals surface area contributed by atoms with Gasteiger partial charge in [0.05, 0.1) is 17.9 Å². The molecule has 1 aromatic carbocycles. The zero-order valence-corrected chi connectivity index (χ0v) is 13.8. The zero-order chi connectivity index (χ0) is 17.1. The van der Waals surface area contributed by atoms with Crippen LogP contribution in [0.3, 0.4) is 0 Å². The van der Waals surface area contributed by atoms with Crippen molar-refractivity contribution in [3.05, 3.63) is 46.8 Å². The number of hydrogen-bond donors (Lipinski definition) is 0. The number of nitrogens with zero attached hydrogens (tertiary/aromatic N) is 6. The minimum atomic E-state index is -0.474. The number of thioether (sulfide) groups is 1. The largest absolute Gasteiger partial charge is 0.497 e. The number of nitro groups is 1. The van der Waals surface area contributed by atoms with Gasteiger partial charge >= 0.3 is 5.69 Å². The lowest BCUT2D eigenvalue weighted by atomic mass is 10.2. The molecule has 0 fully saturated rings. The fraction of sp³-hybridized carbons (Fsp3) is 0.214. The van der Waals surface area contributed by atoms with Crippen LogP contribution in [0.25, 0.3) is 11.4 Å². The van der Waals surface area contributed by atoms with Crippen LogP contribution < -0.4 is 4.74 Å². The van der Waals surface area contributed by atoms with Crippen molar-refractivity contribution >= 4 is 17.4 Å². The van der Waals surface area contributed by atoms with E-state index in [1.807, 2.05) is 35.9 Å². The van der Waals surface area contributed by atoms with E-state index < -0.39 is 4.92 Å². The van der Waals surface area contributed by atoms with Crippen LogP contribution in [0.15, 0.2) is 41.8 Å². The SMILES string of the molecule is COc1ccc(-c2nnc(SCn3cc([N+](=O)[O-])cn3)n2C)cc1. The van der Waals surface area contributed by atoms with Crippen molar-refractivity contribution in [1.29, 1.82) is 0 Å². The Labute approximate surface area is 141 Å². The zero-order valence-electron chi connectivity index (χ0n) is 13.0.